The van der Waals surface area contributed by atoms with E-state index in [1.165, 1.54) is 0 Å². The van der Waals surface area contributed by atoms with Crippen LogP contribution < -0.4 is 20.4 Å². The SMILES string of the molecule is Fc1c(F)c(F)c(C2N(c3ccccc3)CCN2c2ccccc2)c(F)c1F.O=Cc1c(F)c(F)c(F)c(F)c1F.[C+]1=CC=C(NCCNc2ccccc2)C=C1. The van der Waals surface area contributed by atoms with Crippen LogP contribution in [0.5, 0.6) is 0 Å². The molecule has 0 unspecified atom stereocenters. The second kappa shape index (κ2) is 19.3. The normalized spacial score (nSPS) is 13.2. The number of rotatable bonds is 9. The Labute approximate surface area is 320 Å². The summed E-state index contributed by atoms with van der Waals surface area (Å²) in [6.07, 6.45) is 9.23. The zero-order valence-electron chi connectivity index (χ0n) is 29.5. The molecular weight excluding hydrogens is 766 g/mol. The second-order valence-electron chi connectivity index (χ2n) is 12.0. The lowest BCUT2D eigenvalue weighted by Crippen LogP contribution is -2.33. The molecule has 57 heavy (non-hydrogen) atoms. The first-order chi connectivity index (χ1) is 27.5. The fraction of sp³-hybridized carbons (Fsp3) is 0.119. The predicted octanol–water partition coefficient (Wildman–Crippen LogP) is 10.1. The van der Waals surface area contributed by atoms with E-state index in [9.17, 15) is 48.7 Å². The lowest BCUT2D eigenvalue weighted by atomic mass is 10.1. The first kappa shape index (κ1) is 41.6. The highest BCUT2D eigenvalue weighted by Gasteiger charge is 2.40. The van der Waals surface area contributed by atoms with Crippen molar-refractivity contribution in [2.24, 2.45) is 0 Å². The number of carbonyl (C=O) groups excluding carboxylic acids is 1. The molecule has 5 aromatic carbocycles. The fourth-order valence-corrected chi connectivity index (χ4v) is 5.77. The van der Waals surface area contributed by atoms with Gasteiger partial charge in [0, 0.05) is 49.3 Å². The Balaban J connectivity index is 0.000000181. The van der Waals surface area contributed by atoms with Crippen LogP contribution in [0.1, 0.15) is 22.1 Å². The van der Waals surface area contributed by atoms with Gasteiger partial charge in [0.25, 0.3) is 0 Å². The second-order valence-corrected chi connectivity index (χ2v) is 12.0. The lowest BCUT2D eigenvalue weighted by Gasteiger charge is -2.33. The van der Waals surface area contributed by atoms with Crippen molar-refractivity contribution in [2.45, 2.75) is 6.17 Å². The maximum atomic E-state index is 14.7. The number of benzene rings is 5. The van der Waals surface area contributed by atoms with Crippen molar-refractivity contribution in [1.82, 2.24) is 5.32 Å². The smallest absolute Gasteiger partial charge is 0.200 e. The van der Waals surface area contributed by atoms with E-state index in [1.54, 1.807) is 70.5 Å². The van der Waals surface area contributed by atoms with Crippen molar-refractivity contribution in [3.05, 3.63) is 196 Å². The van der Waals surface area contributed by atoms with Gasteiger partial charge in [-0.2, -0.15) is 0 Å². The van der Waals surface area contributed by atoms with Gasteiger partial charge in [-0.3, -0.25) is 4.79 Å². The predicted molar refractivity (Wildman–Crippen MR) is 196 cm³/mol. The summed E-state index contributed by atoms with van der Waals surface area (Å²) < 4.78 is 132. The molecular formula is C42H31F10N4O+. The summed E-state index contributed by atoms with van der Waals surface area (Å²) in [6.45, 7) is 2.51. The zero-order chi connectivity index (χ0) is 41.1. The maximum absolute atomic E-state index is 14.7. The van der Waals surface area contributed by atoms with Gasteiger partial charge in [0.2, 0.25) is 11.6 Å². The Bertz CT molecular complexity index is 2150. The number of aldehydes is 1. The quantitative estimate of drug-likeness (QED) is 0.0389. The minimum Gasteiger partial charge on any atom is -0.383 e. The fourth-order valence-electron chi connectivity index (χ4n) is 5.77. The van der Waals surface area contributed by atoms with Crippen LogP contribution in [0.15, 0.2) is 121 Å². The maximum Gasteiger partial charge on any atom is 0.200 e. The summed E-state index contributed by atoms with van der Waals surface area (Å²) in [7, 11) is 0. The molecule has 1 saturated heterocycles. The molecule has 294 valence electrons. The van der Waals surface area contributed by atoms with E-state index in [1.807, 2.05) is 42.5 Å². The van der Waals surface area contributed by atoms with Crippen molar-refractivity contribution < 1.29 is 48.7 Å². The molecule has 1 fully saturated rings. The molecule has 2 aliphatic rings. The average Bonchev–Trinajstić information content (AvgIpc) is 3.69. The van der Waals surface area contributed by atoms with Gasteiger partial charge in [-0.15, -0.1) is 0 Å². The van der Waals surface area contributed by atoms with E-state index < -0.39 is 81.8 Å². The summed E-state index contributed by atoms with van der Waals surface area (Å²) in [5.41, 5.74) is 1.21. The molecule has 0 saturated carbocycles. The van der Waals surface area contributed by atoms with Crippen LogP contribution in [0.25, 0.3) is 0 Å². The van der Waals surface area contributed by atoms with Crippen LogP contribution in [-0.2, 0) is 0 Å². The van der Waals surface area contributed by atoms with E-state index >= 15 is 0 Å². The van der Waals surface area contributed by atoms with Gasteiger partial charge < -0.3 is 20.4 Å². The third-order valence-electron chi connectivity index (χ3n) is 8.49. The molecule has 0 radical (unpaired) electrons. The van der Waals surface area contributed by atoms with Crippen molar-refractivity contribution in [1.29, 1.82) is 0 Å². The molecule has 5 nitrogen and oxygen atoms in total. The van der Waals surface area contributed by atoms with Crippen LogP contribution in [-0.4, -0.2) is 32.5 Å². The highest BCUT2D eigenvalue weighted by Crippen LogP contribution is 2.41. The Morgan fingerprint density at radius 2 is 0.982 bits per heavy atom. The Morgan fingerprint density at radius 1 is 0.561 bits per heavy atom. The van der Waals surface area contributed by atoms with Crippen molar-refractivity contribution >= 4 is 23.3 Å². The Morgan fingerprint density at radius 3 is 1.42 bits per heavy atom. The van der Waals surface area contributed by atoms with Gasteiger partial charge in [-0.25, -0.2) is 43.9 Å². The molecule has 5 aromatic rings. The van der Waals surface area contributed by atoms with E-state index in [-0.39, 0.29) is 0 Å². The number of allylic oxidation sites excluding steroid dienone is 5. The van der Waals surface area contributed by atoms with E-state index in [4.69, 9.17) is 0 Å². The molecule has 0 bridgehead atoms. The first-order valence-corrected chi connectivity index (χ1v) is 17.1. The number of para-hydroxylation sites is 3. The number of halogens is 10. The molecule has 0 atom stereocenters. The number of carbonyl (C=O) groups is 1. The summed E-state index contributed by atoms with van der Waals surface area (Å²) in [6, 6.07) is 27.7. The minimum atomic E-state index is -2.28. The van der Waals surface area contributed by atoms with Gasteiger partial charge in [-0.05, 0) is 36.4 Å². The molecule has 2 N–H and O–H groups in total. The molecule has 1 heterocycles. The van der Waals surface area contributed by atoms with E-state index in [2.05, 4.69) is 28.8 Å². The van der Waals surface area contributed by atoms with Gasteiger partial charge in [0.05, 0.1) is 23.3 Å². The van der Waals surface area contributed by atoms with Gasteiger partial charge in [0.15, 0.2) is 52.8 Å². The molecule has 15 heteroatoms. The molecule has 1 aliphatic heterocycles. The van der Waals surface area contributed by atoms with Crippen LogP contribution in [0.2, 0.25) is 0 Å². The van der Waals surface area contributed by atoms with Crippen molar-refractivity contribution in [3.63, 3.8) is 0 Å². The van der Waals surface area contributed by atoms with Crippen LogP contribution in [0, 0.1) is 64.2 Å². The van der Waals surface area contributed by atoms with E-state index in [0.29, 0.717) is 24.5 Å². The molecule has 1 aliphatic carbocycles. The number of hydrogen-bond acceptors (Lipinski definition) is 5. The summed E-state index contributed by atoms with van der Waals surface area (Å²) in [4.78, 5) is 13.2. The average molecular weight is 798 g/mol. The molecule has 0 aromatic heterocycles. The highest BCUT2D eigenvalue weighted by molar-refractivity contribution is 5.75. The highest BCUT2D eigenvalue weighted by atomic mass is 19.2. The topological polar surface area (TPSA) is 47.6 Å². The third kappa shape index (κ3) is 9.62. The lowest BCUT2D eigenvalue weighted by molar-refractivity contribution is 0.111. The third-order valence-corrected chi connectivity index (χ3v) is 8.49. The summed E-state index contributed by atoms with van der Waals surface area (Å²) in [5.74, 6) is -20.4. The molecule has 7 rings (SSSR count). The largest absolute Gasteiger partial charge is 0.383 e. The van der Waals surface area contributed by atoms with Crippen LogP contribution in [0.3, 0.4) is 0 Å². The zero-order valence-corrected chi connectivity index (χ0v) is 29.5. The van der Waals surface area contributed by atoms with Crippen LogP contribution in [0.4, 0.5) is 61.0 Å². The first-order valence-electron chi connectivity index (χ1n) is 17.1. The van der Waals surface area contributed by atoms with Crippen LogP contribution >= 0.6 is 0 Å². The number of nitrogens with one attached hydrogen (secondary N) is 2. The van der Waals surface area contributed by atoms with Crippen molar-refractivity contribution in [3.8, 4) is 0 Å². The monoisotopic (exact) mass is 797 g/mol. The van der Waals surface area contributed by atoms with Gasteiger partial charge >= 0.3 is 0 Å². The number of nitrogens with zero attached hydrogens (tertiary/aromatic N) is 2. The minimum absolute atomic E-state index is 0.350. The standard InChI is InChI=1S/C21H15F5N2.C14H15N2.C7HF5O/c22-16-15(17(23)19(25)20(26)18(16)24)21-27(13-7-3-1-4-8-13)11-12-28(21)14-9-5-2-6-10-14;1-3-7-13(8-4-1)15-11-12-16-14-9-5-2-6-10-14;8-3-2(1-13)4(9)6(11)7(12)5(3)10/h1-10,21H,11-12H2;1,3-10,15-16H,11-12H2;1H/q;+1;. The number of anilines is 3. The van der Waals surface area contributed by atoms with Crippen molar-refractivity contribution in [2.75, 3.05) is 41.3 Å². The molecule has 0 spiro atoms. The van der Waals surface area contributed by atoms with Gasteiger partial charge in [0.1, 0.15) is 24.0 Å². The van der Waals surface area contributed by atoms with E-state index in [0.717, 1.165) is 24.5 Å². The Hall–Kier alpha value is -6.60. The Kier molecular flexibility index (Phi) is 14.1. The summed E-state index contributed by atoms with van der Waals surface area (Å²) in [5, 5.41) is 6.68. The molecule has 0 amide bonds. The summed E-state index contributed by atoms with van der Waals surface area (Å²) >= 11 is 0. The van der Waals surface area contributed by atoms with Gasteiger partial charge in [-0.1, -0.05) is 54.6 Å². The number of hydrogen-bond donors (Lipinski definition) is 2.